The van der Waals surface area contributed by atoms with Crippen molar-refractivity contribution >= 4 is 50.6 Å². The zero-order valence-corrected chi connectivity index (χ0v) is 47.8. The van der Waals surface area contributed by atoms with E-state index >= 15 is 0 Å². The second-order valence-electron chi connectivity index (χ2n) is 23.3. The van der Waals surface area contributed by atoms with Crippen molar-refractivity contribution in [3.8, 4) is 34.2 Å². The number of rotatable bonds is 11. The molecule has 9 aromatic heterocycles. The number of hydrogen-bond donors (Lipinski definition) is 9. The van der Waals surface area contributed by atoms with Gasteiger partial charge < -0.3 is 46.0 Å². The van der Waals surface area contributed by atoms with Crippen LogP contribution in [-0.2, 0) is 0 Å². The van der Waals surface area contributed by atoms with Crippen molar-refractivity contribution in [1.29, 1.82) is 0 Å². The summed E-state index contributed by atoms with van der Waals surface area (Å²) in [4.78, 5) is 31.5. The Labute approximate surface area is 494 Å². The van der Waals surface area contributed by atoms with Crippen LogP contribution in [0.4, 0.5) is 48.2 Å². The zero-order chi connectivity index (χ0) is 61.1. The highest BCUT2D eigenvalue weighted by atomic mass is 19.3. The van der Waals surface area contributed by atoms with E-state index in [-0.39, 0.29) is 47.3 Å². The van der Waals surface area contributed by atoms with Gasteiger partial charge in [0, 0.05) is 113 Å². The van der Waals surface area contributed by atoms with Crippen molar-refractivity contribution in [2.45, 2.75) is 94.7 Å². The van der Waals surface area contributed by atoms with E-state index < -0.39 is 58.2 Å². The van der Waals surface area contributed by atoms with Crippen LogP contribution in [0.2, 0.25) is 0 Å². The number of pyridine rings is 6. The number of halogens is 7. The van der Waals surface area contributed by atoms with Crippen LogP contribution in [-0.4, -0.2) is 181 Å². The molecule has 4 aliphatic rings. The highest BCUT2D eigenvalue weighted by Crippen LogP contribution is 2.58. The maximum atomic E-state index is 14.6. The lowest BCUT2D eigenvalue weighted by atomic mass is 9.88. The standard InChI is InChI=1S/C20H23FN6O.2C19H21F3N6O.4H2/c1-19(2)11-20(19,28)14-10-27(9-8-22-14)15-6-5-13(21)17(24-15)16-12-4-3-7-23-18(12)26-25-16;2*1-18(29,19(2,21)22)13-10-28(9-8-23-13)14-6-5-12(20)16(25-14)15-11-4-3-7-24-17(11)27-26-15;;;;/h3-7,14,22,28H,8-11H2,1-2H3,(H,23,25,26);2*3-7,13,23,29H,8-10H2,1-2H3,(H,24,26,27);4*1H. The van der Waals surface area contributed by atoms with Crippen molar-refractivity contribution in [3.63, 3.8) is 0 Å². The summed E-state index contributed by atoms with van der Waals surface area (Å²) in [6.45, 7) is 11.8. The van der Waals surface area contributed by atoms with Gasteiger partial charge in [0.15, 0.2) is 34.4 Å². The topological polar surface area (TPSA) is 270 Å². The second-order valence-corrected chi connectivity index (χ2v) is 23.3. The smallest absolute Gasteiger partial charge is 0.274 e. The number of aromatic nitrogens is 12. The Balaban J connectivity index is 0.000000188. The molecule has 0 amide bonds. The number of H-pyrrole nitrogens is 3. The Hall–Kier alpha value is -8.02. The van der Waals surface area contributed by atoms with Gasteiger partial charge in [0.05, 0.1) is 40.8 Å². The molecule has 3 saturated heterocycles. The van der Waals surface area contributed by atoms with Crippen LogP contribution >= 0.6 is 0 Å². The molecular formula is C58H73F7N18O3. The molecule has 6 atom stereocenters. The van der Waals surface area contributed by atoms with Gasteiger partial charge >= 0.3 is 0 Å². The summed E-state index contributed by atoms with van der Waals surface area (Å²) in [6.07, 6.45) is 5.60. The van der Waals surface area contributed by atoms with E-state index in [1.165, 1.54) is 30.3 Å². The van der Waals surface area contributed by atoms with Crippen LogP contribution in [0.15, 0.2) is 91.4 Å². The lowest BCUT2D eigenvalue weighted by Gasteiger charge is -2.43. The molecule has 28 heteroatoms. The molecule has 1 aliphatic carbocycles. The van der Waals surface area contributed by atoms with Crippen LogP contribution in [0.5, 0.6) is 0 Å². The van der Waals surface area contributed by atoms with Crippen LogP contribution in [0.1, 0.15) is 53.7 Å². The van der Waals surface area contributed by atoms with Gasteiger partial charge in [-0.1, -0.05) is 13.8 Å². The van der Waals surface area contributed by atoms with Gasteiger partial charge in [-0.25, -0.2) is 60.6 Å². The fourth-order valence-electron chi connectivity index (χ4n) is 11.2. The molecule has 86 heavy (non-hydrogen) atoms. The molecule has 12 heterocycles. The molecule has 462 valence electrons. The largest absolute Gasteiger partial charge is 0.388 e. The van der Waals surface area contributed by atoms with Gasteiger partial charge in [-0.3, -0.25) is 15.3 Å². The van der Waals surface area contributed by atoms with Gasteiger partial charge in [0.1, 0.15) is 45.7 Å². The predicted molar refractivity (Wildman–Crippen MR) is 318 cm³/mol. The van der Waals surface area contributed by atoms with Crippen LogP contribution in [0, 0.1) is 22.9 Å². The first-order valence-corrected chi connectivity index (χ1v) is 28.0. The highest BCUT2D eigenvalue weighted by molar-refractivity contribution is 5.91. The van der Waals surface area contributed by atoms with Crippen LogP contribution < -0.4 is 30.7 Å². The predicted octanol–water partition coefficient (Wildman–Crippen LogP) is 7.77. The fraction of sp³-hybridized carbons (Fsp3) is 0.431. The number of alkyl halides is 4. The number of hydrogen-bond acceptors (Lipinski definition) is 18. The molecule has 1 saturated carbocycles. The number of fused-ring (bicyclic) bond motifs is 3. The van der Waals surface area contributed by atoms with Gasteiger partial charge in [0.2, 0.25) is 0 Å². The monoisotopic (exact) mass is 1200 g/mol. The Morgan fingerprint density at radius 2 is 0.837 bits per heavy atom. The molecule has 0 radical (unpaired) electrons. The SMILES string of the molecule is CC(F)(F)C(C)(O)C1CN(c2ccc(F)c(-c3[nH]nc4ncccc34)n2)CCN1.CC(F)(F)C(C)(O)C1CN(c2ccc(F)c(-c3[nH]nc4ncccc34)n2)CCN1.CC1(C)CC1(O)C1CN(c2ccc(F)c(-c3[nH]nc4ncccc34)n2)CCN1.[HH].[HH].[HH].[HH]. The van der Waals surface area contributed by atoms with E-state index in [1.807, 2.05) is 6.07 Å². The molecule has 21 nitrogen and oxygen atoms in total. The fourth-order valence-corrected chi connectivity index (χ4v) is 11.2. The Morgan fingerprint density at radius 3 is 1.16 bits per heavy atom. The van der Waals surface area contributed by atoms with E-state index in [2.05, 4.69) is 95.2 Å². The third-order valence-corrected chi connectivity index (χ3v) is 17.2. The molecule has 13 rings (SSSR count). The Kier molecular flexibility index (Phi) is 15.7. The minimum absolute atomic E-state index is 0. The minimum Gasteiger partial charge on any atom is -0.388 e. The summed E-state index contributed by atoms with van der Waals surface area (Å²) in [5.41, 5.74) is -2.20. The minimum atomic E-state index is -3.29. The molecule has 0 aromatic carbocycles. The number of aromatic amines is 3. The van der Waals surface area contributed by atoms with Crippen molar-refractivity contribution in [2.75, 3.05) is 73.6 Å². The summed E-state index contributed by atoms with van der Waals surface area (Å²) in [7, 11) is 0. The highest BCUT2D eigenvalue weighted by Gasteiger charge is 2.65. The van der Waals surface area contributed by atoms with Gasteiger partial charge in [-0.05, 0) is 98.5 Å². The number of nitrogens with zero attached hydrogens (tertiary/aromatic N) is 12. The number of anilines is 3. The summed E-state index contributed by atoms with van der Waals surface area (Å²) in [5, 5.41) is 63.7. The lowest BCUT2D eigenvalue weighted by molar-refractivity contribution is -0.175. The van der Waals surface area contributed by atoms with Gasteiger partial charge in [0.25, 0.3) is 11.8 Å². The number of piperazine rings is 3. The van der Waals surface area contributed by atoms with Gasteiger partial charge in [-0.15, -0.1) is 0 Å². The third kappa shape index (κ3) is 11.4. The average Bonchev–Trinajstić information content (AvgIpc) is 1.55. The molecule has 0 spiro atoms. The van der Waals surface area contributed by atoms with E-state index in [1.54, 1.807) is 64.8 Å². The maximum absolute atomic E-state index is 14.6. The van der Waals surface area contributed by atoms with Crippen molar-refractivity contribution in [1.82, 2.24) is 76.4 Å². The van der Waals surface area contributed by atoms with E-state index in [0.29, 0.717) is 109 Å². The van der Waals surface area contributed by atoms with Crippen molar-refractivity contribution in [2.24, 2.45) is 5.41 Å². The van der Waals surface area contributed by atoms with Crippen LogP contribution in [0.25, 0.3) is 67.3 Å². The quantitative estimate of drug-likeness (QED) is 0.0560. The zero-order valence-electron chi connectivity index (χ0n) is 47.8. The molecule has 9 N–H and O–H groups in total. The van der Waals surface area contributed by atoms with Crippen LogP contribution in [0.3, 0.4) is 0 Å². The second kappa shape index (κ2) is 22.7. The molecule has 3 aliphatic heterocycles. The van der Waals surface area contributed by atoms with E-state index in [9.17, 15) is 46.1 Å². The van der Waals surface area contributed by atoms with E-state index in [0.717, 1.165) is 38.7 Å². The molecule has 9 aromatic rings. The average molecular weight is 1200 g/mol. The molecule has 6 unspecified atom stereocenters. The molecular weight excluding hydrogens is 1130 g/mol. The number of nitrogens with one attached hydrogen (secondary N) is 6. The Bertz CT molecular complexity index is 3760. The van der Waals surface area contributed by atoms with E-state index in [4.69, 9.17) is 0 Å². The molecule has 0 bridgehead atoms. The molecule has 4 fully saturated rings. The first-order chi connectivity index (χ1) is 40.8. The first-order valence-electron chi connectivity index (χ1n) is 28.0. The first kappa shape index (κ1) is 59.7. The Morgan fingerprint density at radius 1 is 0.512 bits per heavy atom. The third-order valence-electron chi connectivity index (χ3n) is 17.2. The summed E-state index contributed by atoms with van der Waals surface area (Å²) in [5.74, 6) is -6.54. The summed E-state index contributed by atoms with van der Waals surface area (Å²) >= 11 is 0. The van der Waals surface area contributed by atoms with Crippen molar-refractivity contribution < 1.29 is 51.8 Å². The van der Waals surface area contributed by atoms with Crippen molar-refractivity contribution in [3.05, 3.63) is 109 Å². The normalized spacial score (nSPS) is 22.2. The summed E-state index contributed by atoms with van der Waals surface area (Å²) < 4.78 is 99.2. The summed E-state index contributed by atoms with van der Waals surface area (Å²) in [6, 6.07) is 17.5. The maximum Gasteiger partial charge on any atom is 0.274 e. The number of aliphatic hydroxyl groups is 3. The lowest BCUT2D eigenvalue weighted by Crippen LogP contribution is -2.65. The van der Waals surface area contributed by atoms with Gasteiger partial charge in [-0.2, -0.15) is 15.3 Å².